The van der Waals surface area contributed by atoms with Gasteiger partial charge >= 0.3 is 0 Å². The molecule has 4 nitrogen and oxygen atoms in total. The van der Waals surface area contributed by atoms with Crippen molar-refractivity contribution in [1.29, 1.82) is 0 Å². The molecule has 11 heavy (non-hydrogen) atoms. The second-order valence-electron chi connectivity index (χ2n) is 3.13. The van der Waals surface area contributed by atoms with Gasteiger partial charge in [-0.25, -0.2) is 0 Å². The summed E-state index contributed by atoms with van der Waals surface area (Å²) >= 11 is 0. The molecule has 0 aliphatic carbocycles. The SMILES string of the molecule is CN1CCC[C@@H](/C(N)=N\O)C1. The van der Waals surface area contributed by atoms with Crippen molar-refractivity contribution >= 4 is 5.84 Å². The van der Waals surface area contributed by atoms with Crippen LogP contribution in [0.4, 0.5) is 0 Å². The third-order valence-electron chi connectivity index (χ3n) is 2.16. The zero-order valence-electron chi connectivity index (χ0n) is 6.82. The van der Waals surface area contributed by atoms with Crippen LogP contribution >= 0.6 is 0 Å². The van der Waals surface area contributed by atoms with Crippen molar-refractivity contribution in [3.63, 3.8) is 0 Å². The molecule has 4 heteroatoms. The van der Waals surface area contributed by atoms with Gasteiger partial charge in [0.2, 0.25) is 0 Å². The molecule has 1 rings (SSSR count). The van der Waals surface area contributed by atoms with Gasteiger partial charge in [0.1, 0.15) is 5.84 Å². The van der Waals surface area contributed by atoms with E-state index in [-0.39, 0.29) is 5.92 Å². The fraction of sp³-hybridized carbons (Fsp3) is 0.857. The highest BCUT2D eigenvalue weighted by Gasteiger charge is 2.20. The number of amidine groups is 1. The van der Waals surface area contributed by atoms with Gasteiger partial charge in [0.25, 0.3) is 0 Å². The minimum absolute atomic E-state index is 0.249. The summed E-state index contributed by atoms with van der Waals surface area (Å²) in [6.07, 6.45) is 2.18. The van der Waals surface area contributed by atoms with Gasteiger partial charge in [-0.2, -0.15) is 0 Å². The lowest BCUT2D eigenvalue weighted by Crippen LogP contribution is -2.39. The zero-order chi connectivity index (χ0) is 8.27. The first kappa shape index (κ1) is 8.33. The minimum atomic E-state index is 0.249. The molecule has 0 radical (unpaired) electrons. The number of rotatable bonds is 1. The lowest BCUT2D eigenvalue weighted by atomic mass is 9.98. The van der Waals surface area contributed by atoms with Crippen LogP contribution in [0.5, 0.6) is 0 Å². The Morgan fingerprint density at radius 2 is 2.45 bits per heavy atom. The Bertz CT molecular complexity index is 158. The van der Waals surface area contributed by atoms with E-state index in [4.69, 9.17) is 10.9 Å². The van der Waals surface area contributed by atoms with Gasteiger partial charge < -0.3 is 15.8 Å². The molecular weight excluding hydrogens is 142 g/mol. The molecule has 0 unspecified atom stereocenters. The van der Waals surface area contributed by atoms with Crippen LogP contribution < -0.4 is 5.73 Å². The van der Waals surface area contributed by atoms with Crippen LogP contribution in [0.15, 0.2) is 5.16 Å². The Kier molecular flexibility index (Phi) is 2.70. The molecular formula is C7H15N3O. The van der Waals surface area contributed by atoms with Crippen molar-refractivity contribution in [2.45, 2.75) is 12.8 Å². The van der Waals surface area contributed by atoms with Crippen molar-refractivity contribution in [2.24, 2.45) is 16.8 Å². The molecule has 3 N–H and O–H groups in total. The van der Waals surface area contributed by atoms with E-state index >= 15 is 0 Å². The number of piperidine rings is 1. The summed E-state index contributed by atoms with van der Waals surface area (Å²) in [5.74, 6) is 0.621. The van der Waals surface area contributed by atoms with Crippen LogP contribution in [0.2, 0.25) is 0 Å². The topological polar surface area (TPSA) is 61.8 Å². The average molecular weight is 157 g/mol. The number of oxime groups is 1. The van der Waals surface area contributed by atoms with Gasteiger partial charge in [-0.05, 0) is 26.4 Å². The van der Waals surface area contributed by atoms with E-state index in [1.807, 2.05) is 0 Å². The van der Waals surface area contributed by atoms with Crippen LogP contribution in [0.25, 0.3) is 0 Å². The predicted molar refractivity (Wildman–Crippen MR) is 43.6 cm³/mol. The number of nitrogens with zero attached hydrogens (tertiary/aromatic N) is 2. The Morgan fingerprint density at radius 1 is 1.73 bits per heavy atom. The summed E-state index contributed by atoms with van der Waals surface area (Å²) in [7, 11) is 2.05. The monoisotopic (exact) mass is 157 g/mol. The molecule has 1 atom stereocenters. The van der Waals surface area contributed by atoms with E-state index < -0.39 is 0 Å². The normalized spacial score (nSPS) is 28.8. The van der Waals surface area contributed by atoms with Gasteiger partial charge in [0.05, 0.1) is 0 Å². The van der Waals surface area contributed by atoms with Crippen molar-refractivity contribution in [3.8, 4) is 0 Å². The highest BCUT2D eigenvalue weighted by Crippen LogP contribution is 2.14. The molecule has 0 aromatic rings. The molecule has 1 heterocycles. The van der Waals surface area contributed by atoms with E-state index in [1.54, 1.807) is 0 Å². The van der Waals surface area contributed by atoms with E-state index in [0.717, 1.165) is 25.9 Å². The third-order valence-corrected chi connectivity index (χ3v) is 2.16. The zero-order valence-corrected chi connectivity index (χ0v) is 6.82. The quantitative estimate of drug-likeness (QED) is 0.245. The second kappa shape index (κ2) is 3.57. The van der Waals surface area contributed by atoms with Crippen molar-refractivity contribution in [3.05, 3.63) is 0 Å². The lowest BCUT2D eigenvalue weighted by molar-refractivity contribution is 0.239. The molecule has 0 aromatic carbocycles. The summed E-state index contributed by atoms with van der Waals surface area (Å²) in [6, 6.07) is 0. The maximum absolute atomic E-state index is 8.42. The van der Waals surface area contributed by atoms with Gasteiger partial charge in [-0.1, -0.05) is 5.16 Å². The summed E-state index contributed by atoms with van der Waals surface area (Å²) < 4.78 is 0. The molecule has 1 fully saturated rings. The smallest absolute Gasteiger partial charge is 0.143 e. The largest absolute Gasteiger partial charge is 0.409 e. The summed E-state index contributed by atoms with van der Waals surface area (Å²) in [5.41, 5.74) is 5.48. The highest BCUT2D eigenvalue weighted by molar-refractivity contribution is 5.82. The number of hydrogen-bond donors (Lipinski definition) is 2. The van der Waals surface area contributed by atoms with Crippen molar-refractivity contribution < 1.29 is 5.21 Å². The standard InChI is InChI=1S/C7H15N3O/c1-10-4-2-3-6(5-10)7(8)9-11/h6,11H,2-5H2,1H3,(H2,8,9)/t6-/m1/s1. The molecule has 0 amide bonds. The van der Waals surface area contributed by atoms with E-state index in [0.29, 0.717) is 5.84 Å². The first-order valence-corrected chi connectivity index (χ1v) is 3.90. The van der Waals surface area contributed by atoms with Crippen LogP contribution in [0.3, 0.4) is 0 Å². The van der Waals surface area contributed by atoms with Gasteiger partial charge in [-0.3, -0.25) is 0 Å². The van der Waals surface area contributed by atoms with Crippen LogP contribution in [0, 0.1) is 5.92 Å². The maximum Gasteiger partial charge on any atom is 0.143 e. The second-order valence-corrected chi connectivity index (χ2v) is 3.13. The molecule has 1 aliphatic rings. The van der Waals surface area contributed by atoms with E-state index in [2.05, 4.69) is 17.1 Å². The summed E-state index contributed by atoms with van der Waals surface area (Å²) in [6.45, 7) is 2.03. The fourth-order valence-corrected chi connectivity index (χ4v) is 1.49. The third kappa shape index (κ3) is 2.08. The molecule has 1 saturated heterocycles. The highest BCUT2D eigenvalue weighted by atomic mass is 16.4. The molecule has 0 spiro atoms. The summed E-state index contributed by atoms with van der Waals surface area (Å²) in [5, 5.41) is 11.4. The van der Waals surface area contributed by atoms with E-state index in [1.165, 1.54) is 0 Å². The Morgan fingerprint density at radius 3 is 3.00 bits per heavy atom. The van der Waals surface area contributed by atoms with Crippen LogP contribution in [0.1, 0.15) is 12.8 Å². The van der Waals surface area contributed by atoms with Crippen molar-refractivity contribution in [1.82, 2.24) is 4.90 Å². The Hall–Kier alpha value is -0.770. The van der Waals surface area contributed by atoms with E-state index in [9.17, 15) is 0 Å². The number of nitrogens with two attached hydrogens (primary N) is 1. The molecule has 0 bridgehead atoms. The van der Waals surface area contributed by atoms with Crippen molar-refractivity contribution in [2.75, 3.05) is 20.1 Å². The first-order chi connectivity index (χ1) is 5.24. The lowest BCUT2D eigenvalue weighted by Gasteiger charge is -2.28. The fourth-order valence-electron chi connectivity index (χ4n) is 1.49. The van der Waals surface area contributed by atoms with Crippen LogP contribution in [-0.4, -0.2) is 36.1 Å². The molecule has 1 aliphatic heterocycles. The Labute approximate surface area is 66.7 Å². The first-order valence-electron chi connectivity index (χ1n) is 3.90. The summed E-state index contributed by atoms with van der Waals surface area (Å²) in [4.78, 5) is 2.20. The van der Waals surface area contributed by atoms with Gasteiger partial charge in [-0.15, -0.1) is 0 Å². The molecule has 0 saturated carbocycles. The molecule has 64 valence electrons. The Balaban J connectivity index is 2.46. The van der Waals surface area contributed by atoms with Crippen LogP contribution in [-0.2, 0) is 0 Å². The van der Waals surface area contributed by atoms with Gasteiger partial charge in [0, 0.05) is 12.5 Å². The number of likely N-dealkylation sites (tertiary alicyclic amines) is 1. The minimum Gasteiger partial charge on any atom is -0.409 e. The average Bonchev–Trinajstić information content (AvgIpc) is 2.03. The van der Waals surface area contributed by atoms with Gasteiger partial charge in [0.15, 0.2) is 0 Å². The predicted octanol–water partition coefficient (Wildman–Crippen LogP) is 0.0746. The maximum atomic E-state index is 8.42. The number of hydrogen-bond acceptors (Lipinski definition) is 3. The molecule has 0 aromatic heterocycles.